The monoisotopic (exact) mass is 309 g/mol. The number of benzene rings is 2. The number of carbonyl (C=O) groups excluding carboxylic acids is 2. The van der Waals surface area contributed by atoms with Gasteiger partial charge in [-0.15, -0.1) is 0 Å². The lowest BCUT2D eigenvalue weighted by molar-refractivity contribution is 0.102. The van der Waals surface area contributed by atoms with E-state index < -0.39 is 0 Å². The van der Waals surface area contributed by atoms with Crippen LogP contribution in [0.5, 0.6) is 0 Å². The lowest BCUT2D eigenvalue weighted by Crippen LogP contribution is -2.27. The molecule has 5 heteroatoms. The first-order valence-electron chi connectivity index (χ1n) is 7.58. The Bertz CT molecular complexity index is 753. The van der Waals surface area contributed by atoms with Gasteiger partial charge in [0.25, 0.3) is 5.91 Å². The van der Waals surface area contributed by atoms with E-state index in [0.29, 0.717) is 24.3 Å². The number of rotatable bonds is 3. The van der Waals surface area contributed by atoms with E-state index in [1.54, 1.807) is 4.90 Å². The van der Waals surface area contributed by atoms with Crippen LogP contribution in [0.2, 0.25) is 0 Å². The van der Waals surface area contributed by atoms with Crippen LogP contribution in [0.3, 0.4) is 0 Å². The van der Waals surface area contributed by atoms with Gasteiger partial charge >= 0.3 is 6.03 Å². The molecule has 0 aliphatic carbocycles. The molecule has 1 fully saturated rings. The molecular weight excluding hydrogens is 290 g/mol. The van der Waals surface area contributed by atoms with Gasteiger partial charge in [0.2, 0.25) is 0 Å². The number of anilines is 2. The van der Waals surface area contributed by atoms with E-state index in [2.05, 4.69) is 10.6 Å². The fourth-order valence-corrected chi connectivity index (χ4v) is 2.71. The summed E-state index contributed by atoms with van der Waals surface area (Å²) in [6, 6.07) is 13.0. The molecule has 0 bridgehead atoms. The highest BCUT2D eigenvalue weighted by Gasteiger charge is 2.20. The number of nitrogens with one attached hydrogen (secondary N) is 2. The van der Waals surface area contributed by atoms with Crippen LogP contribution in [0.4, 0.5) is 16.2 Å². The maximum Gasteiger partial charge on any atom is 0.321 e. The summed E-state index contributed by atoms with van der Waals surface area (Å²) in [6.07, 6.45) is 0. The lowest BCUT2D eigenvalue weighted by atomic mass is 10.1. The third-order valence-corrected chi connectivity index (χ3v) is 3.92. The first kappa shape index (κ1) is 15.1. The van der Waals surface area contributed by atoms with E-state index in [9.17, 15) is 9.59 Å². The van der Waals surface area contributed by atoms with Crippen LogP contribution in [0, 0.1) is 13.8 Å². The zero-order chi connectivity index (χ0) is 16.4. The fraction of sp³-hybridized carbons (Fsp3) is 0.222. The van der Waals surface area contributed by atoms with Gasteiger partial charge in [-0.2, -0.15) is 0 Å². The molecule has 2 aromatic carbocycles. The van der Waals surface area contributed by atoms with Gasteiger partial charge in [0, 0.05) is 30.0 Å². The number of amides is 3. The highest BCUT2D eigenvalue weighted by molar-refractivity contribution is 6.05. The molecule has 2 N–H and O–H groups in total. The highest BCUT2D eigenvalue weighted by Crippen LogP contribution is 2.20. The van der Waals surface area contributed by atoms with Crippen molar-refractivity contribution in [3.8, 4) is 0 Å². The lowest BCUT2D eigenvalue weighted by Gasteiger charge is -2.15. The van der Waals surface area contributed by atoms with Crippen molar-refractivity contribution < 1.29 is 9.59 Å². The molecule has 118 valence electrons. The molecule has 0 radical (unpaired) electrons. The van der Waals surface area contributed by atoms with Crippen molar-refractivity contribution in [1.82, 2.24) is 5.32 Å². The summed E-state index contributed by atoms with van der Waals surface area (Å²) in [4.78, 5) is 25.7. The Kier molecular flexibility index (Phi) is 4.02. The van der Waals surface area contributed by atoms with Crippen LogP contribution in [-0.4, -0.2) is 25.0 Å². The second-order valence-electron chi connectivity index (χ2n) is 5.70. The number of aryl methyl sites for hydroxylation is 2. The van der Waals surface area contributed by atoms with Crippen LogP contribution in [0.15, 0.2) is 42.5 Å². The molecule has 1 aliphatic rings. The van der Waals surface area contributed by atoms with E-state index in [1.165, 1.54) is 0 Å². The molecule has 3 amide bonds. The van der Waals surface area contributed by atoms with E-state index in [1.807, 2.05) is 56.3 Å². The Morgan fingerprint density at radius 3 is 2.48 bits per heavy atom. The topological polar surface area (TPSA) is 61.4 Å². The molecule has 1 heterocycles. The first-order valence-corrected chi connectivity index (χ1v) is 7.58. The summed E-state index contributed by atoms with van der Waals surface area (Å²) in [5, 5.41) is 5.65. The van der Waals surface area contributed by atoms with Gasteiger partial charge in [-0.1, -0.05) is 17.7 Å². The van der Waals surface area contributed by atoms with E-state index in [4.69, 9.17) is 0 Å². The quantitative estimate of drug-likeness (QED) is 0.915. The standard InChI is InChI=1S/C18H19N3O2/c1-12-3-8-16(13(2)11-12)17(22)20-14-4-6-15(7-5-14)21-10-9-19-18(21)23/h3-8,11H,9-10H2,1-2H3,(H,19,23)(H,20,22). The minimum absolute atomic E-state index is 0.0861. The zero-order valence-corrected chi connectivity index (χ0v) is 13.2. The third kappa shape index (κ3) is 3.18. The molecule has 0 unspecified atom stereocenters. The molecule has 2 aromatic rings. The van der Waals surface area contributed by atoms with E-state index in [0.717, 1.165) is 16.8 Å². The van der Waals surface area contributed by atoms with Gasteiger partial charge in [-0.3, -0.25) is 9.69 Å². The third-order valence-electron chi connectivity index (χ3n) is 3.92. The summed E-state index contributed by atoms with van der Waals surface area (Å²) in [5.74, 6) is -0.130. The number of urea groups is 1. The minimum Gasteiger partial charge on any atom is -0.336 e. The molecule has 0 spiro atoms. The van der Waals surface area contributed by atoms with Crippen LogP contribution >= 0.6 is 0 Å². The van der Waals surface area contributed by atoms with Gasteiger partial charge < -0.3 is 10.6 Å². The largest absolute Gasteiger partial charge is 0.336 e. The van der Waals surface area contributed by atoms with Crippen molar-refractivity contribution in [2.75, 3.05) is 23.3 Å². The number of nitrogens with zero attached hydrogens (tertiary/aromatic N) is 1. The molecule has 1 aliphatic heterocycles. The van der Waals surface area contributed by atoms with Crippen molar-refractivity contribution in [2.45, 2.75) is 13.8 Å². The van der Waals surface area contributed by atoms with Gasteiger partial charge in [0.05, 0.1) is 0 Å². The van der Waals surface area contributed by atoms with E-state index >= 15 is 0 Å². The Labute approximate surface area is 135 Å². The second-order valence-corrected chi connectivity index (χ2v) is 5.70. The van der Waals surface area contributed by atoms with Crippen LogP contribution < -0.4 is 15.5 Å². The summed E-state index contributed by atoms with van der Waals surface area (Å²) in [5.41, 5.74) is 4.28. The smallest absolute Gasteiger partial charge is 0.321 e. The zero-order valence-electron chi connectivity index (χ0n) is 13.2. The normalized spacial score (nSPS) is 13.8. The SMILES string of the molecule is Cc1ccc(C(=O)Nc2ccc(N3CCNC3=O)cc2)c(C)c1. The number of hydrogen-bond acceptors (Lipinski definition) is 2. The fourth-order valence-electron chi connectivity index (χ4n) is 2.71. The van der Waals surface area contributed by atoms with E-state index in [-0.39, 0.29) is 11.9 Å². The van der Waals surface area contributed by atoms with Crippen molar-refractivity contribution in [1.29, 1.82) is 0 Å². The molecule has 23 heavy (non-hydrogen) atoms. The van der Waals surface area contributed by atoms with Gasteiger partial charge in [0.1, 0.15) is 0 Å². The molecular formula is C18H19N3O2. The molecule has 1 saturated heterocycles. The second kappa shape index (κ2) is 6.12. The van der Waals surface area contributed by atoms with Crippen molar-refractivity contribution >= 4 is 23.3 Å². The maximum absolute atomic E-state index is 12.4. The van der Waals surface area contributed by atoms with Gasteiger partial charge in [-0.05, 0) is 49.7 Å². The number of hydrogen-bond donors (Lipinski definition) is 2. The predicted octanol–water partition coefficient (Wildman–Crippen LogP) is 3.09. The van der Waals surface area contributed by atoms with Crippen molar-refractivity contribution in [3.05, 3.63) is 59.2 Å². The van der Waals surface area contributed by atoms with Crippen LogP contribution in [0.1, 0.15) is 21.5 Å². The van der Waals surface area contributed by atoms with Crippen molar-refractivity contribution in [3.63, 3.8) is 0 Å². The Morgan fingerprint density at radius 2 is 1.87 bits per heavy atom. The minimum atomic E-state index is -0.130. The summed E-state index contributed by atoms with van der Waals surface area (Å²) in [6.45, 7) is 5.25. The molecule has 0 saturated carbocycles. The van der Waals surface area contributed by atoms with Crippen molar-refractivity contribution in [2.24, 2.45) is 0 Å². The number of carbonyl (C=O) groups is 2. The summed E-state index contributed by atoms with van der Waals surface area (Å²) < 4.78 is 0. The summed E-state index contributed by atoms with van der Waals surface area (Å²) >= 11 is 0. The molecule has 0 atom stereocenters. The maximum atomic E-state index is 12.4. The average molecular weight is 309 g/mol. The average Bonchev–Trinajstić information content (AvgIpc) is 2.94. The highest BCUT2D eigenvalue weighted by atomic mass is 16.2. The van der Waals surface area contributed by atoms with Crippen LogP contribution in [0.25, 0.3) is 0 Å². The van der Waals surface area contributed by atoms with Crippen LogP contribution in [-0.2, 0) is 0 Å². The Morgan fingerprint density at radius 1 is 1.13 bits per heavy atom. The van der Waals surface area contributed by atoms with Gasteiger partial charge in [0.15, 0.2) is 0 Å². The Balaban J connectivity index is 1.73. The molecule has 0 aromatic heterocycles. The van der Waals surface area contributed by atoms with Gasteiger partial charge in [-0.25, -0.2) is 4.79 Å². The Hall–Kier alpha value is -2.82. The summed E-state index contributed by atoms with van der Waals surface area (Å²) in [7, 11) is 0. The first-order chi connectivity index (χ1) is 11.0. The molecule has 5 nitrogen and oxygen atoms in total. The predicted molar refractivity (Wildman–Crippen MR) is 91.1 cm³/mol. The molecule has 3 rings (SSSR count).